The van der Waals surface area contributed by atoms with E-state index in [-0.39, 0.29) is 0 Å². The molecule has 0 amide bonds. The van der Waals surface area contributed by atoms with Crippen LogP contribution in [0.15, 0.2) is 27.8 Å². The Bertz CT molecular complexity index is 565. The summed E-state index contributed by atoms with van der Waals surface area (Å²) in [5.74, 6) is 1.99. The number of nitrogens with zero attached hydrogens (tertiary/aromatic N) is 2. The number of likely N-dealkylation sites (tertiary alicyclic amines) is 1. The third kappa shape index (κ3) is 7.99. The molecule has 2 fully saturated rings. The summed E-state index contributed by atoms with van der Waals surface area (Å²) < 4.78 is 22.6. The summed E-state index contributed by atoms with van der Waals surface area (Å²) in [6.45, 7) is 8.70. The molecule has 1 unspecified atom stereocenters. The summed E-state index contributed by atoms with van der Waals surface area (Å²) in [4.78, 5) is 7.19. The molecule has 2 saturated heterocycles. The molecule has 3 heterocycles. The Labute approximate surface area is 174 Å². The van der Waals surface area contributed by atoms with Crippen molar-refractivity contribution in [2.75, 3.05) is 52.6 Å². The lowest BCUT2D eigenvalue weighted by Crippen LogP contribution is -2.47. The van der Waals surface area contributed by atoms with Crippen LogP contribution in [-0.2, 0) is 20.6 Å². The van der Waals surface area contributed by atoms with Gasteiger partial charge in [-0.15, -0.1) is 0 Å². The van der Waals surface area contributed by atoms with Crippen molar-refractivity contribution in [1.29, 1.82) is 0 Å². The molecule has 164 valence electrons. The summed E-state index contributed by atoms with van der Waals surface area (Å²) in [6.07, 6.45) is 8.52. The lowest BCUT2D eigenvalue weighted by Gasteiger charge is -2.34. The molecule has 3 rings (SSSR count). The van der Waals surface area contributed by atoms with Crippen LogP contribution in [0.2, 0.25) is 0 Å². The molecule has 0 radical (unpaired) electrons. The molecule has 0 aromatic carbocycles. The quantitative estimate of drug-likeness (QED) is 0.346. The smallest absolute Gasteiger partial charge is 0.193 e. The highest BCUT2D eigenvalue weighted by Crippen LogP contribution is 2.18. The van der Waals surface area contributed by atoms with E-state index in [1.54, 1.807) is 6.26 Å². The molecule has 0 spiro atoms. The second-order valence-corrected chi connectivity index (χ2v) is 7.67. The molecule has 29 heavy (non-hydrogen) atoms. The van der Waals surface area contributed by atoms with Crippen LogP contribution in [0.1, 0.15) is 44.8 Å². The van der Waals surface area contributed by atoms with Gasteiger partial charge in [-0.1, -0.05) is 0 Å². The minimum absolute atomic E-state index is 0.304. The van der Waals surface area contributed by atoms with E-state index in [9.17, 15) is 0 Å². The van der Waals surface area contributed by atoms with E-state index in [0.29, 0.717) is 12.2 Å². The molecular formula is C22H37N3O4. The van der Waals surface area contributed by atoms with Crippen LogP contribution in [0.3, 0.4) is 0 Å². The van der Waals surface area contributed by atoms with Crippen LogP contribution in [0.25, 0.3) is 0 Å². The number of piperidine rings is 1. The molecule has 7 nitrogen and oxygen atoms in total. The van der Waals surface area contributed by atoms with Crippen molar-refractivity contribution in [2.24, 2.45) is 4.99 Å². The summed E-state index contributed by atoms with van der Waals surface area (Å²) in [5, 5.41) is 3.52. The number of hydrogen-bond donors (Lipinski definition) is 1. The standard InChI is InChI=1S/C22H37N3O4/c1-2-26-15-5-11-23-22(24-12-8-19-6-3-16-27-19)25-13-9-20(10-14-25)29-18-21-7-4-17-28-21/h3,6,16,20-21H,2,4-5,7-15,17-18H2,1H3,(H,23,24). The van der Waals surface area contributed by atoms with Gasteiger partial charge in [0.15, 0.2) is 5.96 Å². The van der Waals surface area contributed by atoms with Crippen molar-refractivity contribution < 1.29 is 18.6 Å². The van der Waals surface area contributed by atoms with Gasteiger partial charge in [0, 0.05) is 52.4 Å². The van der Waals surface area contributed by atoms with Gasteiger partial charge in [-0.25, -0.2) is 0 Å². The Morgan fingerprint density at radius 2 is 2.21 bits per heavy atom. The lowest BCUT2D eigenvalue weighted by molar-refractivity contribution is -0.0367. The number of hydrogen-bond acceptors (Lipinski definition) is 5. The zero-order chi connectivity index (χ0) is 20.2. The lowest BCUT2D eigenvalue weighted by atomic mass is 10.1. The first-order valence-electron chi connectivity index (χ1n) is 11.2. The average molecular weight is 408 g/mol. The molecule has 0 saturated carbocycles. The second-order valence-electron chi connectivity index (χ2n) is 7.67. The van der Waals surface area contributed by atoms with Crippen molar-refractivity contribution in [2.45, 2.75) is 57.7 Å². The fraction of sp³-hybridized carbons (Fsp3) is 0.773. The van der Waals surface area contributed by atoms with Gasteiger partial charge in [-0.2, -0.15) is 0 Å². The van der Waals surface area contributed by atoms with Gasteiger partial charge in [0.05, 0.1) is 25.1 Å². The topological polar surface area (TPSA) is 68.5 Å². The van der Waals surface area contributed by atoms with Crippen LogP contribution >= 0.6 is 0 Å². The highest BCUT2D eigenvalue weighted by Gasteiger charge is 2.24. The minimum atomic E-state index is 0.304. The minimum Gasteiger partial charge on any atom is -0.469 e. The number of guanidine groups is 1. The third-order valence-electron chi connectivity index (χ3n) is 5.43. The van der Waals surface area contributed by atoms with E-state index in [2.05, 4.69) is 10.2 Å². The van der Waals surface area contributed by atoms with Crippen LogP contribution in [0, 0.1) is 0 Å². The maximum Gasteiger partial charge on any atom is 0.193 e. The van der Waals surface area contributed by atoms with Gasteiger partial charge in [0.2, 0.25) is 0 Å². The SMILES string of the molecule is CCOCCCN=C(NCCc1ccco1)N1CCC(OCC2CCCO2)CC1. The largest absolute Gasteiger partial charge is 0.469 e. The molecule has 2 aliphatic heterocycles. The maximum atomic E-state index is 6.11. The van der Waals surface area contributed by atoms with E-state index < -0.39 is 0 Å². The zero-order valence-corrected chi connectivity index (χ0v) is 17.8. The third-order valence-corrected chi connectivity index (χ3v) is 5.43. The number of furan rings is 1. The molecule has 1 N–H and O–H groups in total. The van der Waals surface area contributed by atoms with Crippen molar-refractivity contribution in [1.82, 2.24) is 10.2 Å². The van der Waals surface area contributed by atoms with Gasteiger partial charge in [-0.3, -0.25) is 4.99 Å². The summed E-state index contributed by atoms with van der Waals surface area (Å²) >= 11 is 0. The van der Waals surface area contributed by atoms with Crippen LogP contribution < -0.4 is 5.32 Å². The second kappa shape index (κ2) is 12.9. The first kappa shape index (κ1) is 22.1. The predicted octanol–water partition coefficient (Wildman–Crippen LogP) is 2.85. The summed E-state index contributed by atoms with van der Waals surface area (Å²) in [5.41, 5.74) is 0. The molecule has 7 heteroatoms. The van der Waals surface area contributed by atoms with E-state index >= 15 is 0 Å². The molecule has 0 aliphatic carbocycles. The number of ether oxygens (including phenoxy) is 3. The van der Waals surface area contributed by atoms with Gasteiger partial charge in [-0.05, 0) is 51.2 Å². The Morgan fingerprint density at radius 1 is 1.31 bits per heavy atom. The molecule has 0 bridgehead atoms. The van der Waals surface area contributed by atoms with Gasteiger partial charge < -0.3 is 28.8 Å². The van der Waals surface area contributed by atoms with Crippen molar-refractivity contribution in [3.8, 4) is 0 Å². The summed E-state index contributed by atoms with van der Waals surface area (Å²) in [7, 11) is 0. The number of aliphatic imine (C=N–C) groups is 1. The zero-order valence-electron chi connectivity index (χ0n) is 17.8. The first-order chi connectivity index (χ1) is 14.3. The Hall–Kier alpha value is -1.57. The average Bonchev–Trinajstić information content (AvgIpc) is 3.45. The van der Waals surface area contributed by atoms with Crippen molar-refractivity contribution in [3.63, 3.8) is 0 Å². The fourth-order valence-corrected chi connectivity index (χ4v) is 3.77. The molecule has 1 atom stereocenters. The number of nitrogens with one attached hydrogen (secondary N) is 1. The first-order valence-corrected chi connectivity index (χ1v) is 11.2. The van der Waals surface area contributed by atoms with E-state index in [1.807, 2.05) is 19.1 Å². The van der Waals surface area contributed by atoms with Gasteiger partial charge in [0.25, 0.3) is 0 Å². The van der Waals surface area contributed by atoms with E-state index in [4.69, 9.17) is 23.6 Å². The highest BCUT2D eigenvalue weighted by atomic mass is 16.5. The van der Waals surface area contributed by atoms with E-state index in [0.717, 1.165) is 96.4 Å². The molecule has 2 aliphatic rings. The van der Waals surface area contributed by atoms with Crippen LogP contribution in [0.4, 0.5) is 0 Å². The normalized spacial score (nSPS) is 21.1. The van der Waals surface area contributed by atoms with Crippen LogP contribution in [-0.4, -0.2) is 75.7 Å². The number of rotatable bonds is 11. The van der Waals surface area contributed by atoms with Crippen molar-refractivity contribution >= 4 is 5.96 Å². The maximum absolute atomic E-state index is 6.11. The molecule has 1 aromatic heterocycles. The molecule has 1 aromatic rings. The summed E-state index contributed by atoms with van der Waals surface area (Å²) in [6, 6.07) is 3.94. The van der Waals surface area contributed by atoms with Crippen LogP contribution in [0.5, 0.6) is 0 Å². The predicted molar refractivity (Wildman–Crippen MR) is 113 cm³/mol. The Kier molecular flexibility index (Phi) is 9.82. The Morgan fingerprint density at radius 3 is 2.93 bits per heavy atom. The fourth-order valence-electron chi connectivity index (χ4n) is 3.77. The highest BCUT2D eigenvalue weighted by molar-refractivity contribution is 5.80. The monoisotopic (exact) mass is 407 g/mol. The molecular weight excluding hydrogens is 370 g/mol. The van der Waals surface area contributed by atoms with Gasteiger partial charge in [0.1, 0.15) is 5.76 Å². The van der Waals surface area contributed by atoms with Crippen molar-refractivity contribution in [3.05, 3.63) is 24.2 Å². The van der Waals surface area contributed by atoms with Gasteiger partial charge >= 0.3 is 0 Å². The van der Waals surface area contributed by atoms with E-state index in [1.165, 1.54) is 6.42 Å². The Balaban J connectivity index is 1.42.